The van der Waals surface area contributed by atoms with Gasteiger partial charge in [-0.1, -0.05) is 6.42 Å². The van der Waals surface area contributed by atoms with Crippen molar-refractivity contribution in [3.63, 3.8) is 0 Å². The second kappa shape index (κ2) is 4.13. The first kappa shape index (κ1) is 10.7. The molecule has 2 bridgehead atoms. The molecule has 0 aromatic heterocycles. The normalized spacial score (nSPS) is 35.4. The van der Waals surface area contributed by atoms with E-state index in [1.165, 1.54) is 19.3 Å². The van der Waals surface area contributed by atoms with Crippen LogP contribution in [-0.4, -0.2) is 23.6 Å². The standard InChI is InChI=1S/C12H17N3O2/c16-11-4-3-9(14-15-11)12(17)13-10-6-7-1-2-8(10)5-7/h7-8,10H,1-6H2,(H,13,17)(H,15,16). The zero-order valence-corrected chi connectivity index (χ0v) is 9.74. The molecule has 2 fully saturated rings. The van der Waals surface area contributed by atoms with E-state index in [0.29, 0.717) is 30.5 Å². The molecule has 1 aliphatic heterocycles. The van der Waals surface area contributed by atoms with E-state index in [9.17, 15) is 9.59 Å². The minimum atomic E-state index is -0.110. The van der Waals surface area contributed by atoms with E-state index < -0.39 is 0 Å². The number of hydrazone groups is 1. The number of carbonyl (C=O) groups excluding carboxylic acids is 2. The molecule has 3 atom stereocenters. The summed E-state index contributed by atoms with van der Waals surface area (Å²) in [6, 6.07) is 0.335. The smallest absolute Gasteiger partial charge is 0.267 e. The lowest BCUT2D eigenvalue weighted by Crippen LogP contribution is -2.44. The number of hydrogen-bond donors (Lipinski definition) is 2. The molecule has 92 valence electrons. The highest BCUT2D eigenvalue weighted by Crippen LogP contribution is 2.44. The third kappa shape index (κ3) is 2.06. The van der Waals surface area contributed by atoms with Gasteiger partial charge in [0.2, 0.25) is 5.91 Å². The van der Waals surface area contributed by atoms with Crippen LogP contribution >= 0.6 is 0 Å². The first-order valence-electron chi connectivity index (χ1n) is 6.38. The fourth-order valence-corrected chi connectivity index (χ4v) is 3.31. The molecular formula is C12H17N3O2. The van der Waals surface area contributed by atoms with Crippen LogP contribution in [0.25, 0.3) is 0 Å². The molecule has 3 aliphatic rings. The molecule has 2 N–H and O–H groups in total. The number of nitrogens with one attached hydrogen (secondary N) is 2. The number of carbonyl (C=O) groups is 2. The summed E-state index contributed by atoms with van der Waals surface area (Å²) in [7, 11) is 0. The van der Waals surface area contributed by atoms with Crippen LogP contribution in [-0.2, 0) is 9.59 Å². The SMILES string of the molecule is O=C1CCC(C(=O)NC2CC3CCC2C3)=NN1. The predicted octanol–water partition coefficient (Wildman–Crippen LogP) is 0.557. The van der Waals surface area contributed by atoms with E-state index in [1.807, 2.05) is 0 Å². The maximum atomic E-state index is 11.9. The van der Waals surface area contributed by atoms with Gasteiger partial charge in [0.05, 0.1) is 0 Å². The summed E-state index contributed by atoms with van der Waals surface area (Å²) < 4.78 is 0. The number of rotatable bonds is 2. The monoisotopic (exact) mass is 235 g/mol. The second-order valence-corrected chi connectivity index (χ2v) is 5.35. The Morgan fingerprint density at radius 3 is 2.76 bits per heavy atom. The van der Waals surface area contributed by atoms with Gasteiger partial charge in [-0.05, 0) is 31.1 Å². The lowest BCUT2D eigenvalue weighted by molar-refractivity contribution is -0.121. The molecule has 1 heterocycles. The largest absolute Gasteiger partial charge is 0.348 e. The summed E-state index contributed by atoms with van der Waals surface area (Å²) in [6.07, 6.45) is 5.79. The maximum absolute atomic E-state index is 11.9. The summed E-state index contributed by atoms with van der Waals surface area (Å²) in [5.41, 5.74) is 2.83. The van der Waals surface area contributed by atoms with Crippen molar-refractivity contribution in [1.29, 1.82) is 0 Å². The number of amides is 2. The summed E-state index contributed by atoms with van der Waals surface area (Å²) in [4.78, 5) is 22.9. The predicted molar refractivity (Wildman–Crippen MR) is 62.2 cm³/mol. The molecule has 5 heteroatoms. The molecule has 5 nitrogen and oxygen atoms in total. The van der Waals surface area contributed by atoms with Crippen LogP contribution in [0.1, 0.15) is 38.5 Å². The molecule has 2 saturated carbocycles. The maximum Gasteiger partial charge on any atom is 0.267 e. The minimum Gasteiger partial charge on any atom is -0.348 e. The summed E-state index contributed by atoms with van der Waals surface area (Å²) in [6.45, 7) is 0. The Labute approximate surface area is 100 Å². The van der Waals surface area contributed by atoms with Crippen molar-refractivity contribution in [2.75, 3.05) is 0 Å². The van der Waals surface area contributed by atoms with Crippen molar-refractivity contribution in [3.8, 4) is 0 Å². The highest BCUT2D eigenvalue weighted by molar-refractivity contribution is 6.39. The zero-order valence-electron chi connectivity index (χ0n) is 9.74. The number of fused-ring (bicyclic) bond motifs is 2. The Bertz CT molecular complexity index is 391. The molecule has 3 unspecified atom stereocenters. The molecular weight excluding hydrogens is 218 g/mol. The van der Waals surface area contributed by atoms with E-state index in [1.54, 1.807) is 0 Å². The van der Waals surface area contributed by atoms with Crippen molar-refractivity contribution in [1.82, 2.24) is 10.7 Å². The Balaban J connectivity index is 1.59. The van der Waals surface area contributed by atoms with Gasteiger partial charge in [0, 0.05) is 18.9 Å². The second-order valence-electron chi connectivity index (χ2n) is 5.35. The Morgan fingerprint density at radius 2 is 2.18 bits per heavy atom. The fraction of sp³-hybridized carbons (Fsp3) is 0.750. The third-order valence-corrected chi connectivity index (χ3v) is 4.22. The molecule has 2 aliphatic carbocycles. The van der Waals surface area contributed by atoms with E-state index in [4.69, 9.17) is 0 Å². The summed E-state index contributed by atoms with van der Waals surface area (Å²) in [5, 5.41) is 6.89. The van der Waals surface area contributed by atoms with Gasteiger partial charge in [-0.3, -0.25) is 9.59 Å². The quantitative estimate of drug-likeness (QED) is 0.734. The van der Waals surface area contributed by atoms with Crippen molar-refractivity contribution in [2.45, 2.75) is 44.6 Å². The lowest BCUT2D eigenvalue weighted by Gasteiger charge is -2.23. The van der Waals surface area contributed by atoms with Crippen LogP contribution in [0.4, 0.5) is 0 Å². The van der Waals surface area contributed by atoms with Crippen LogP contribution < -0.4 is 10.7 Å². The van der Waals surface area contributed by atoms with Gasteiger partial charge in [0.1, 0.15) is 5.71 Å². The molecule has 0 aromatic carbocycles. The zero-order chi connectivity index (χ0) is 11.8. The fourth-order valence-electron chi connectivity index (χ4n) is 3.31. The lowest BCUT2D eigenvalue weighted by atomic mass is 9.95. The molecule has 0 aromatic rings. The van der Waals surface area contributed by atoms with Gasteiger partial charge in [-0.15, -0.1) is 0 Å². The first-order chi connectivity index (χ1) is 8.22. The third-order valence-electron chi connectivity index (χ3n) is 4.22. The van der Waals surface area contributed by atoms with Gasteiger partial charge < -0.3 is 5.32 Å². The van der Waals surface area contributed by atoms with E-state index in [2.05, 4.69) is 15.8 Å². The van der Waals surface area contributed by atoms with Crippen LogP contribution in [0.5, 0.6) is 0 Å². The highest BCUT2D eigenvalue weighted by atomic mass is 16.2. The van der Waals surface area contributed by atoms with Gasteiger partial charge in [0.15, 0.2) is 0 Å². The summed E-state index contributed by atoms with van der Waals surface area (Å²) in [5.74, 6) is 1.28. The average molecular weight is 235 g/mol. The van der Waals surface area contributed by atoms with Crippen molar-refractivity contribution >= 4 is 17.5 Å². The van der Waals surface area contributed by atoms with E-state index >= 15 is 0 Å². The molecule has 0 saturated heterocycles. The van der Waals surface area contributed by atoms with Crippen LogP contribution in [0.2, 0.25) is 0 Å². The molecule has 3 rings (SSSR count). The van der Waals surface area contributed by atoms with Gasteiger partial charge in [0.25, 0.3) is 5.91 Å². The summed E-state index contributed by atoms with van der Waals surface area (Å²) >= 11 is 0. The Morgan fingerprint density at radius 1 is 1.29 bits per heavy atom. The van der Waals surface area contributed by atoms with Crippen molar-refractivity contribution in [3.05, 3.63) is 0 Å². The Kier molecular flexibility index (Phi) is 2.61. The van der Waals surface area contributed by atoms with Crippen LogP contribution in [0.3, 0.4) is 0 Å². The highest BCUT2D eigenvalue weighted by Gasteiger charge is 2.40. The van der Waals surface area contributed by atoms with Crippen molar-refractivity contribution in [2.24, 2.45) is 16.9 Å². The minimum absolute atomic E-state index is 0.0949. The molecule has 0 spiro atoms. The van der Waals surface area contributed by atoms with Gasteiger partial charge in [-0.25, -0.2) is 5.43 Å². The molecule has 0 radical (unpaired) electrons. The average Bonchev–Trinajstić information content (AvgIpc) is 2.91. The molecule has 2 amide bonds. The van der Waals surface area contributed by atoms with E-state index in [-0.39, 0.29) is 11.8 Å². The van der Waals surface area contributed by atoms with Gasteiger partial charge >= 0.3 is 0 Å². The van der Waals surface area contributed by atoms with E-state index in [0.717, 1.165) is 12.3 Å². The topological polar surface area (TPSA) is 70.6 Å². The van der Waals surface area contributed by atoms with Crippen molar-refractivity contribution < 1.29 is 9.59 Å². The van der Waals surface area contributed by atoms with Crippen LogP contribution in [0, 0.1) is 11.8 Å². The molecule has 17 heavy (non-hydrogen) atoms. The first-order valence-corrected chi connectivity index (χ1v) is 6.38. The number of nitrogens with zero attached hydrogens (tertiary/aromatic N) is 1. The van der Waals surface area contributed by atoms with Crippen LogP contribution in [0.15, 0.2) is 5.10 Å². The number of hydrogen-bond acceptors (Lipinski definition) is 3. The van der Waals surface area contributed by atoms with Gasteiger partial charge in [-0.2, -0.15) is 5.10 Å². The Hall–Kier alpha value is -1.39.